The zero-order valence-corrected chi connectivity index (χ0v) is 14.6. The number of ether oxygens (including phenoxy) is 1. The highest BCUT2D eigenvalue weighted by atomic mass is 32.1. The van der Waals surface area contributed by atoms with Gasteiger partial charge in [0.2, 0.25) is 0 Å². The first-order valence-electron chi connectivity index (χ1n) is 8.15. The molecule has 1 aliphatic heterocycles. The molecule has 0 saturated carbocycles. The summed E-state index contributed by atoms with van der Waals surface area (Å²) in [7, 11) is 1.67. The number of thiocarbonyl (C=S) groups is 1. The van der Waals surface area contributed by atoms with Crippen LogP contribution < -0.4 is 15.4 Å². The van der Waals surface area contributed by atoms with Gasteiger partial charge in [0.25, 0.3) is 0 Å². The number of nitrogens with one attached hydrogen (secondary N) is 2. The van der Waals surface area contributed by atoms with Gasteiger partial charge in [0, 0.05) is 5.70 Å². The molecular formula is C21H18N2OS. The van der Waals surface area contributed by atoms with Gasteiger partial charge in [-0.05, 0) is 58.4 Å². The summed E-state index contributed by atoms with van der Waals surface area (Å²) in [6.45, 7) is 0. The summed E-state index contributed by atoms with van der Waals surface area (Å²) in [5.41, 5.74) is 3.29. The van der Waals surface area contributed by atoms with Crippen LogP contribution in [-0.2, 0) is 0 Å². The zero-order chi connectivity index (χ0) is 17.2. The molecular weight excluding hydrogens is 328 g/mol. The minimum atomic E-state index is 0.0288. The molecule has 0 amide bonds. The van der Waals surface area contributed by atoms with E-state index in [1.54, 1.807) is 7.11 Å². The van der Waals surface area contributed by atoms with E-state index in [1.807, 2.05) is 12.1 Å². The largest absolute Gasteiger partial charge is 0.497 e. The number of methoxy groups -OCH3 is 1. The standard InChI is InChI=1S/C21H18N2OS/c1-24-18-10-8-15(9-11-18)19-13-20(23-21(25)22-19)17-7-6-14-4-2-3-5-16(14)12-17/h2-13,19H,1H3,(H2,22,23,25). The van der Waals surface area contributed by atoms with Crippen LogP contribution in [0.2, 0.25) is 0 Å². The van der Waals surface area contributed by atoms with E-state index in [1.165, 1.54) is 10.8 Å². The molecule has 4 rings (SSSR count). The molecule has 4 heteroatoms. The average Bonchev–Trinajstić information content (AvgIpc) is 2.67. The topological polar surface area (TPSA) is 33.3 Å². The maximum atomic E-state index is 5.42. The van der Waals surface area contributed by atoms with Crippen molar-refractivity contribution < 1.29 is 4.74 Å². The van der Waals surface area contributed by atoms with Gasteiger partial charge < -0.3 is 15.4 Å². The molecule has 1 heterocycles. The maximum absolute atomic E-state index is 5.42. The van der Waals surface area contributed by atoms with Crippen molar-refractivity contribution >= 4 is 33.8 Å². The highest BCUT2D eigenvalue weighted by molar-refractivity contribution is 7.80. The van der Waals surface area contributed by atoms with Crippen LogP contribution in [0.1, 0.15) is 17.2 Å². The quantitative estimate of drug-likeness (QED) is 0.688. The van der Waals surface area contributed by atoms with Crippen molar-refractivity contribution in [1.29, 1.82) is 0 Å². The highest BCUT2D eigenvalue weighted by Crippen LogP contribution is 2.26. The Hall–Kier alpha value is -2.85. The predicted molar refractivity (Wildman–Crippen MR) is 107 cm³/mol. The van der Waals surface area contributed by atoms with Crippen LogP contribution in [0.15, 0.2) is 72.8 Å². The van der Waals surface area contributed by atoms with Crippen LogP contribution in [0.25, 0.3) is 16.5 Å². The summed E-state index contributed by atoms with van der Waals surface area (Å²) in [5, 5.41) is 9.66. The fourth-order valence-electron chi connectivity index (χ4n) is 3.07. The van der Waals surface area contributed by atoms with Crippen LogP contribution in [-0.4, -0.2) is 12.2 Å². The van der Waals surface area contributed by atoms with Crippen molar-refractivity contribution in [2.75, 3.05) is 7.11 Å². The first-order chi connectivity index (χ1) is 12.2. The Kier molecular flexibility index (Phi) is 4.12. The second-order valence-electron chi connectivity index (χ2n) is 5.99. The molecule has 124 valence electrons. The number of fused-ring (bicyclic) bond motifs is 1. The minimum Gasteiger partial charge on any atom is -0.497 e. The van der Waals surface area contributed by atoms with Crippen molar-refractivity contribution in [3.8, 4) is 5.75 Å². The summed E-state index contributed by atoms with van der Waals surface area (Å²) >= 11 is 5.42. The van der Waals surface area contributed by atoms with Crippen LogP contribution in [0.4, 0.5) is 0 Å². The molecule has 3 nitrogen and oxygen atoms in total. The number of rotatable bonds is 3. The van der Waals surface area contributed by atoms with Crippen molar-refractivity contribution in [3.63, 3.8) is 0 Å². The van der Waals surface area contributed by atoms with E-state index >= 15 is 0 Å². The molecule has 1 aliphatic rings. The Morgan fingerprint density at radius 1 is 0.920 bits per heavy atom. The molecule has 0 aliphatic carbocycles. The third-order valence-electron chi connectivity index (χ3n) is 4.40. The van der Waals surface area contributed by atoms with Crippen LogP contribution in [0.3, 0.4) is 0 Å². The van der Waals surface area contributed by atoms with Crippen molar-refractivity contribution in [2.45, 2.75) is 6.04 Å². The molecule has 1 unspecified atom stereocenters. The number of hydrogen-bond donors (Lipinski definition) is 2. The minimum absolute atomic E-state index is 0.0288. The van der Waals surface area contributed by atoms with Crippen LogP contribution in [0, 0.1) is 0 Å². The highest BCUT2D eigenvalue weighted by Gasteiger charge is 2.18. The Morgan fingerprint density at radius 2 is 1.68 bits per heavy atom. The molecule has 1 atom stereocenters. The van der Waals surface area contributed by atoms with Crippen molar-refractivity contribution in [2.24, 2.45) is 0 Å². The fraction of sp³-hybridized carbons (Fsp3) is 0.0952. The smallest absolute Gasteiger partial charge is 0.171 e. The lowest BCUT2D eigenvalue weighted by atomic mass is 10.00. The lowest BCUT2D eigenvalue weighted by molar-refractivity contribution is 0.414. The molecule has 0 spiro atoms. The van der Waals surface area contributed by atoms with E-state index in [-0.39, 0.29) is 6.04 Å². The van der Waals surface area contributed by atoms with Gasteiger partial charge in [-0.15, -0.1) is 0 Å². The van der Waals surface area contributed by atoms with Crippen molar-refractivity contribution in [3.05, 3.63) is 83.9 Å². The molecule has 3 aromatic carbocycles. The Bertz CT molecular complexity index is 963. The summed E-state index contributed by atoms with van der Waals surface area (Å²) in [4.78, 5) is 0. The van der Waals surface area contributed by atoms with Gasteiger partial charge in [0.05, 0.1) is 13.2 Å². The van der Waals surface area contributed by atoms with Gasteiger partial charge in [0.1, 0.15) is 5.75 Å². The summed E-state index contributed by atoms with van der Waals surface area (Å²) in [6, 6.07) is 22.9. The molecule has 3 aromatic rings. The first kappa shape index (κ1) is 15.7. The molecule has 2 N–H and O–H groups in total. The SMILES string of the molecule is COc1ccc(C2C=C(c3ccc4ccccc4c3)NC(=S)N2)cc1. The monoisotopic (exact) mass is 346 g/mol. The Morgan fingerprint density at radius 3 is 2.44 bits per heavy atom. The van der Waals surface area contributed by atoms with E-state index in [0.29, 0.717) is 5.11 Å². The number of benzene rings is 3. The van der Waals surface area contributed by atoms with E-state index < -0.39 is 0 Å². The third-order valence-corrected chi connectivity index (χ3v) is 4.62. The summed E-state index contributed by atoms with van der Waals surface area (Å²) in [5.74, 6) is 0.846. The molecule has 25 heavy (non-hydrogen) atoms. The zero-order valence-electron chi connectivity index (χ0n) is 13.8. The summed E-state index contributed by atoms with van der Waals surface area (Å²) < 4.78 is 5.24. The molecule has 0 fully saturated rings. The van der Waals surface area contributed by atoms with E-state index in [4.69, 9.17) is 17.0 Å². The second-order valence-corrected chi connectivity index (χ2v) is 6.40. The van der Waals surface area contributed by atoms with Crippen molar-refractivity contribution in [1.82, 2.24) is 10.6 Å². The van der Waals surface area contributed by atoms with Crippen LogP contribution >= 0.6 is 12.2 Å². The first-order valence-corrected chi connectivity index (χ1v) is 8.56. The van der Waals surface area contributed by atoms with Crippen LogP contribution in [0.5, 0.6) is 5.75 Å². The third kappa shape index (κ3) is 3.21. The fourth-order valence-corrected chi connectivity index (χ4v) is 3.30. The molecule has 0 saturated heterocycles. The van der Waals surface area contributed by atoms with E-state index in [9.17, 15) is 0 Å². The van der Waals surface area contributed by atoms with Gasteiger partial charge in [0.15, 0.2) is 5.11 Å². The number of hydrogen-bond acceptors (Lipinski definition) is 2. The Balaban J connectivity index is 1.71. The van der Waals surface area contributed by atoms with Gasteiger partial charge in [-0.1, -0.05) is 48.5 Å². The lowest BCUT2D eigenvalue weighted by Crippen LogP contribution is -2.40. The van der Waals surface area contributed by atoms with E-state index in [2.05, 4.69) is 71.3 Å². The van der Waals surface area contributed by atoms with Gasteiger partial charge in [-0.3, -0.25) is 0 Å². The summed E-state index contributed by atoms with van der Waals surface area (Å²) in [6.07, 6.45) is 2.17. The molecule has 0 radical (unpaired) electrons. The van der Waals surface area contributed by atoms with E-state index in [0.717, 1.165) is 22.6 Å². The average molecular weight is 346 g/mol. The normalized spacial score (nSPS) is 16.8. The van der Waals surface area contributed by atoms with Gasteiger partial charge in [-0.2, -0.15) is 0 Å². The maximum Gasteiger partial charge on any atom is 0.171 e. The van der Waals surface area contributed by atoms with Gasteiger partial charge >= 0.3 is 0 Å². The Labute approximate surface area is 152 Å². The predicted octanol–water partition coefficient (Wildman–Crippen LogP) is 4.41. The molecule has 0 bridgehead atoms. The van der Waals surface area contributed by atoms with Gasteiger partial charge in [-0.25, -0.2) is 0 Å². The second kappa shape index (κ2) is 6.57. The lowest BCUT2D eigenvalue weighted by Gasteiger charge is -2.26. The molecule has 0 aromatic heterocycles.